The molecule has 1 aromatic rings. The summed E-state index contributed by atoms with van der Waals surface area (Å²) in [4.78, 5) is 3.84. The van der Waals surface area contributed by atoms with E-state index in [1.807, 2.05) is 6.92 Å². The molecule has 0 aliphatic carbocycles. The Morgan fingerprint density at radius 3 is 2.50 bits per heavy atom. The summed E-state index contributed by atoms with van der Waals surface area (Å²) >= 11 is 1.25. The van der Waals surface area contributed by atoms with Gasteiger partial charge in [0.1, 0.15) is 0 Å². The Labute approximate surface area is 85.2 Å². The van der Waals surface area contributed by atoms with Gasteiger partial charge in [0.05, 0.1) is 0 Å². The number of rotatable bonds is 1. The summed E-state index contributed by atoms with van der Waals surface area (Å²) in [6.45, 7) is 1.89. The third-order valence-corrected chi connectivity index (χ3v) is 3.94. The van der Waals surface area contributed by atoms with Gasteiger partial charge in [0.25, 0.3) is 0 Å². The summed E-state index contributed by atoms with van der Waals surface area (Å²) in [7, 11) is -3.14. The summed E-state index contributed by atoms with van der Waals surface area (Å²) in [6.07, 6.45) is 2.78. The number of hydrogen-bond donors (Lipinski definition) is 0. The van der Waals surface area contributed by atoms with Crippen LogP contribution in [0.5, 0.6) is 0 Å². The molecule has 0 N–H and O–H groups in total. The Morgan fingerprint density at radius 2 is 2.08 bits per heavy atom. The van der Waals surface area contributed by atoms with Gasteiger partial charge in [-0.25, -0.2) is 0 Å². The molecule has 1 aromatic heterocycles. The predicted molar refractivity (Wildman–Crippen MR) is 47.5 cm³/mol. The molecule has 0 aromatic carbocycles. The maximum absolute atomic E-state index is 11.0. The first-order valence-corrected chi connectivity index (χ1v) is 6.61. The summed E-state index contributed by atoms with van der Waals surface area (Å²) in [6, 6.07) is 1.61. The Morgan fingerprint density at radius 1 is 1.50 bits per heavy atom. The zero-order valence-corrected chi connectivity index (χ0v) is 10.5. The van der Waals surface area contributed by atoms with Crippen LogP contribution in [0, 0.1) is 6.92 Å². The SMILES string of the molecule is Cc1cc(S(C)(=O)=O)nc[c]1[Sn]. The number of pyridine rings is 1. The van der Waals surface area contributed by atoms with Gasteiger partial charge in [0, 0.05) is 0 Å². The van der Waals surface area contributed by atoms with E-state index in [0.717, 1.165) is 15.4 Å². The molecule has 1 heterocycles. The van der Waals surface area contributed by atoms with Gasteiger partial charge in [-0.2, -0.15) is 0 Å². The molecule has 5 heteroatoms. The molecule has 0 aliphatic rings. The Kier molecular flexibility index (Phi) is 2.77. The molecule has 0 atom stereocenters. The van der Waals surface area contributed by atoms with Crippen LogP contribution in [0.25, 0.3) is 0 Å². The minimum atomic E-state index is -3.14. The molecule has 1 rings (SSSR count). The molecule has 0 fully saturated rings. The molecule has 0 unspecified atom stereocenters. The van der Waals surface area contributed by atoms with Crippen LogP contribution >= 0.6 is 0 Å². The second-order valence-corrected chi connectivity index (χ2v) is 6.11. The summed E-state index contributed by atoms with van der Waals surface area (Å²) in [5, 5.41) is 0.158. The zero-order valence-electron chi connectivity index (χ0n) is 6.83. The molecule has 0 aliphatic heterocycles. The van der Waals surface area contributed by atoms with E-state index in [4.69, 9.17) is 0 Å². The van der Waals surface area contributed by atoms with E-state index in [-0.39, 0.29) is 5.03 Å². The molecular formula is C7H8NO2SSn. The van der Waals surface area contributed by atoms with Crippen molar-refractivity contribution in [3.63, 3.8) is 0 Å². The van der Waals surface area contributed by atoms with Crippen molar-refractivity contribution in [2.75, 3.05) is 6.26 Å². The van der Waals surface area contributed by atoms with E-state index < -0.39 is 9.84 Å². The Bertz CT molecular complexity index is 400. The van der Waals surface area contributed by atoms with Crippen LogP contribution in [0.3, 0.4) is 0 Å². The van der Waals surface area contributed by atoms with Crippen molar-refractivity contribution in [3.8, 4) is 0 Å². The monoisotopic (exact) mass is 290 g/mol. The normalized spacial score (nSPS) is 11.6. The quantitative estimate of drug-likeness (QED) is 0.660. The molecule has 0 amide bonds. The van der Waals surface area contributed by atoms with Crippen LogP contribution in [-0.4, -0.2) is 42.2 Å². The summed E-state index contributed by atoms with van der Waals surface area (Å²) in [5.41, 5.74) is 0.989. The first-order chi connectivity index (χ1) is 5.41. The van der Waals surface area contributed by atoms with E-state index in [2.05, 4.69) is 4.98 Å². The van der Waals surface area contributed by atoms with E-state index in [0.29, 0.717) is 0 Å². The number of aryl methyl sites for hydroxylation is 1. The Balaban J connectivity index is 3.33. The topological polar surface area (TPSA) is 47.0 Å². The van der Waals surface area contributed by atoms with Crippen molar-refractivity contribution in [3.05, 3.63) is 17.8 Å². The second kappa shape index (κ2) is 3.33. The molecule has 0 spiro atoms. The molecule has 3 nitrogen and oxygen atoms in total. The third-order valence-electron chi connectivity index (χ3n) is 1.47. The zero-order chi connectivity index (χ0) is 9.35. The maximum atomic E-state index is 11.0. The number of nitrogens with zero attached hydrogens (tertiary/aromatic N) is 1. The first kappa shape index (κ1) is 9.98. The number of aromatic nitrogens is 1. The molecular weight excluding hydrogens is 281 g/mol. The third kappa shape index (κ3) is 2.19. The number of hydrogen-bond acceptors (Lipinski definition) is 3. The van der Waals surface area contributed by atoms with E-state index in [9.17, 15) is 8.42 Å². The van der Waals surface area contributed by atoms with Crippen LogP contribution < -0.4 is 3.58 Å². The van der Waals surface area contributed by atoms with Crippen LogP contribution in [0.4, 0.5) is 0 Å². The van der Waals surface area contributed by atoms with Crippen molar-refractivity contribution >= 4 is 35.9 Å². The van der Waals surface area contributed by atoms with Gasteiger partial charge >= 0.3 is 85.4 Å². The van der Waals surface area contributed by atoms with Gasteiger partial charge in [0.2, 0.25) is 0 Å². The van der Waals surface area contributed by atoms with Gasteiger partial charge in [-0.05, 0) is 0 Å². The second-order valence-electron chi connectivity index (χ2n) is 2.61. The van der Waals surface area contributed by atoms with Gasteiger partial charge in [-0.3, -0.25) is 0 Å². The van der Waals surface area contributed by atoms with Crippen molar-refractivity contribution in [1.82, 2.24) is 4.98 Å². The average molecular weight is 289 g/mol. The van der Waals surface area contributed by atoms with Crippen LogP contribution in [0.15, 0.2) is 17.3 Å². The predicted octanol–water partition coefficient (Wildman–Crippen LogP) is -0.413. The van der Waals surface area contributed by atoms with Crippen LogP contribution in [0.2, 0.25) is 0 Å². The van der Waals surface area contributed by atoms with Gasteiger partial charge in [0.15, 0.2) is 0 Å². The van der Waals surface area contributed by atoms with Crippen molar-refractivity contribution in [1.29, 1.82) is 0 Å². The van der Waals surface area contributed by atoms with Gasteiger partial charge in [-0.1, -0.05) is 0 Å². The standard InChI is InChI=1S/C7H8NO2S.Sn/c1-6-3-4-8-7(5-6)11(2,9)10;/h4-5H,1-2H3;. The molecule has 0 saturated heterocycles. The van der Waals surface area contributed by atoms with Crippen molar-refractivity contribution in [2.24, 2.45) is 0 Å². The van der Waals surface area contributed by atoms with Crippen LogP contribution in [0.1, 0.15) is 5.56 Å². The number of sulfone groups is 1. The molecule has 0 bridgehead atoms. The Hall–Kier alpha value is -0.101. The average Bonchev–Trinajstić information content (AvgIpc) is 1.92. The van der Waals surface area contributed by atoms with E-state index in [1.165, 1.54) is 22.5 Å². The molecule has 3 radical (unpaired) electrons. The fourth-order valence-electron chi connectivity index (χ4n) is 0.733. The molecule has 0 saturated carbocycles. The summed E-state index contributed by atoms with van der Waals surface area (Å²) in [5.74, 6) is 0. The van der Waals surface area contributed by atoms with Crippen LogP contribution in [-0.2, 0) is 9.84 Å². The van der Waals surface area contributed by atoms with E-state index >= 15 is 0 Å². The molecule has 63 valence electrons. The minimum absolute atomic E-state index is 0.158. The van der Waals surface area contributed by atoms with E-state index in [1.54, 1.807) is 12.3 Å². The van der Waals surface area contributed by atoms with Crippen molar-refractivity contribution in [2.45, 2.75) is 11.9 Å². The van der Waals surface area contributed by atoms with Gasteiger partial charge in [-0.15, -0.1) is 0 Å². The summed E-state index contributed by atoms with van der Waals surface area (Å²) < 4.78 is 23.2. The fourth-order valence-corrected chi connectivity index (χ4v) is 1.76. The molecule has 12 heavy (non-hydrogen) atoms. The first-order valence-electron chi connectivity index (χ1n) is 3.29. The van der Waals surface area contributed by atoms with Gasteiger partial charge < -0.3 is 0 Å². The van der Waals surface area contributed by atoms with Crippen molar-refractivity contribution < 1.29 is 8.42 Å². The fraction of sp³-hybridized carbons (Fsp3) is 0.286.